The molecule has 172 valence electrons. The van der Waals surface area contributed by atoms with Gasteiger partial charge in [0.25, 0.3) is 0 Å². The molecule has 2 amide bonds. The maximum Gasteiger partial charge on any atom is 0.337 e. The van der Waals surface area contributed by atoms with Gasteiger partial charge in [-0.3, -0.25) is 14.5 Å². The molecular weight excluding hydrogens is 428 g/mol. The fourth-order valence-electron chi connectivity index (χ4n) is 3.61. The van der Waals surface area contributed by atoms with Crippen molar-refractivity contribution in [2.45, 2.75) is 26.8 Å². The van der Waals surface area contributed by atoms with Crippen molar-refractivity contribution in [1.82, 2.24) is 10.2 Å². The van der Waals surface area contributed by atoms with Gasteiger partial charge in [0.05, 0.1) is 24.3 Å². The van der Waals surface area contributed by atoms with Crippen molar-refractivity contribution in [3.8, 4) is 0 Å². The van der Waals surface area contributed by atoms with Crippen LogP contribution in [0.25, 0.3) is 0 Å². The Kier molecular flexibility index (Phi) is 8.24. The number of anilines is 2. The molecule has 2 heterocycles. The number of benzene rings is 1. The molecule has 1 aliphatic rings. The van der Waals surface area contributed by atoms with E-state index in [0.29, 0.717) is 51.4 Å². The van der Waals surface area contributed by atoms with Crippen LogP contribution in [0, 0.1) is 5.92 Å². The Morgan fingerprint density at radius 3 is 2.47 bits per heavy atom. The second-order valence-corrected chi connectivity index (χ2v) is 9.33. The van der Waals surface area contributed by atoms with Gasteiger partial charge in [-0.05, 0) is 35.6 Å². The molecule has 0 saturated carbocycles. The lowest BCUT2D eigenvalue weighted by Crippen LogP contribution is -2.49. The summed E-state index contributed by atoms with van der Waals surface area (Å²) in [7, 11) is 0. The number of carboxylic acids is 1. The van der Waals surface area contributed by atoms with Gasteiger partial charge in [-0.25, -0.2) is 4.79 Å². The van der Waals surface area contributed by atoms with Crippen molar-refractivity contribution < 1.29 is 19.5 Å². The van der Waals surface area contributed by atoms with E-state index in [1.54, 1.807) is 23.5 Å². The summed E-state index contributed by atoms with van der Waals surface area (Å²) in [6.07, 6.45) is 0.337. The molecule has 0 atom stereocenters. The van der Waals surface area contributed by atoms with E-state index in [1.807, 2.05) is 37.4 Å². The highest BCUT2D eigenvalue weighted by Crippen LogP contribution is 2.25. The van der Waals surface area contributed by atoms with Crippen LogP contribution in [0.5, 0.6) is 0 Å². The second-order valence-electron chi connectivity index (χ2n) is 8.30. The van der Waals surface area contributed by atoms with Crippen molar-refractivity contribution in [1.29, 1.82) is 0 Å². The number of rotatable bonds is 9. The molecule has 1 saturated heterocycles. The molecule has 3 N–H and O–H groups in total. The van der Waals surface area contributed by atoms with E-state index < -0.39 is 5.97 Å². The number of aromatic carboxylic acids is 1. The van der Waals surface area contributed by atoms with Crippen LogP contribution >= 0.6 is 11.3 Å². The van der Waals surface area contributed by atoms with Gasteiger partial charge < -0.3 is 20.6 Å². The van der Waals surface area contributed by atoms with Crippen molar-refractivity contribution in [3.63, 3.8) is 0 Å². The van der Waals surface area contributed by atoms with Gasteiger partial charge in [-0.2, -0.15) is 0 Å². The van der Waals surface area contributed by atoms with E-state index in [4.69, 9.17) is 0 Å². The van der Waals surface area contributed by atoms with Gasteiger partial charge in [0.1, 0.15) is 0 Å². The minimum absolute atomic E-state index is 0.00139. The highest BCUT2D eigenvalue weighted by Gasteiger charge is 2.21. The summed E-state index contributed by atoms with van der Waals surface area (Å²) in [4.78, 5) is 41.4. The number of hydrogen-bond acceptors (Lipinski definition) is 6. The van der Waals surface area contributed by atoms with Crippen molar-refractivity contribution in [2.75, 3.05) is 42.9 Å². The highest BCUT2D eigenvalue weighted by molar-refractivity contribution is 7.09. The maximum absolute atomic E-state index is 12.2. The predicted octanol–water partition coefficient (Wildman–Crippen LogP) is 2.87. The average molecular weight is 459 g/mol. The minimum Gasteiger partial charge on any atom is -0.478 e. The zero-order chi connectivity index (χ0) is 23.1. The molecule has 9 heteroatoms. The smallest absolute Gasteiger partial charge is 0.337 e. The van der Waals surface area contributed by atoms with E-state index in [9.17, 15) is 19.5 Å². The number of piperazine rings is 1. The quantitative estimate of drug-likeness (QED) is 0.534. The van der Waals surface area contributed by atoms with Gasteiger partial charge in [-0.1, -0.05) is 19.9 Å². The molecule has 0 aliphatic carbocycles. The molecule has 3 rings (SSSR count). The molecule has 0 radical (unpaired) electrons. The highest BCUT2D eigenvalue weighted by atomic mass is 32.1. The van der Waals surface area contributed by atoms with Crippen molar-refractivity contribution in [2.24, 2.45) is 5.92 Å². The Morgan fingerprint density at radius 2 is 1.84 bits per heavy atom. The van der Waals surface area contributed by atoms with Crippen LogP contribution in [-0.2, 0) is 16.1 Å². The fourth-order valence-corrected chi connectivity index (χ4v) is 4.25. The van der Waals surface area contributed by atoms with Crippen LogP contribution in [-0.4, -0.2) is 60.5 Å². The van der Waals surface area contributed by atoms with E-state index in [2.05, 4.69) is 20.4 Å². The number of nitrogens with zero attached hydrogens (tertiary/aromatic N) is 2. The number of hydrogen-bond donors (Lipinski definition) is 3. The summed E-state index contributed by atoms with van der Waals surface area (Å²) in [6, 6.07) is 9.06. The van der Waals surface area contributed by atoms with Crippen LogP contribution in [0.1, 0.15) is 35.5 Å². The Balaban J connectivity index is 1.54. The first kappa shape index (κ1) is 23.7. The van der Waals surface area contributed by atoms with Gasteiger partial charge in [0.2, 0.25) is 11.8 Å². The number of thiophene rings is 1. The van der Waals surface area contributed by atoms with Crippen LogP contribution in [0.3, 0.4) is 0 Å². The number of carboxylic acid groups (broad SMARTS) is 1. The van der Waals surface area contributed by atoms with Crippen LogP contribution < -0.4 is 15.5 Å². The zero-order valence-electron chi connectivity index (χ0n) is 18.5. The van der Waals surface area contributed by atoms with Gasteiger partial charge in [0.15, 0.2) is 0 Å². The number of carbonyl (C=O) groups excluding carboxylic acids is 2. The topological polar surface area (TPSA) is 102 Å². The Labute approximate surface area is 192 Å². The molecule has 1 aromatic carbocycles. The molecule has 0 bridgehead atoms. The zero-order valence-corrected chi connectivity index (χ0v) is 19.3. The second kappa shape index (κ2) is 11.1. The first-order chi connectivity index (χ1) is 15.3. The molecular formula is C23H30N4O4S. The third-order valence-electron chi connectivity index (χ3n) is 5.25. The van der Waals surface area contributed by atoms with E-state index in [-0.39, 0.29) is 23.3 Å². The van der Waals surface area contributed by atoms with Gasteiger partial charge in [-0.15, -0.1) is 11.3 Å². The third-order valence-corrected chi connectivity index (χ3v) is 6.12. The third kappa shape index (κ3) is 6.80. The average Bonchev–Trinajstić information content (AvgIpc) is 3.26. The Hall–Kier alpha value is -2.91. The summed E-state index contributed by atoms with van der Waals surface area (Å²) in [6.45, 7) is 7.58. The normalized spacial score (nSPS) is 14.4. The summed E-state index contributed by atoms with van der Waals surface area (Å²) in [5.41, 5.74) is 1.19. The lowest BCUT2D eigenvalue weighted by atomic mass is 10.1. The Bertz CT molecular complexity index is 937. The van der Waals surface area contributed by atoms with Crippen molar-refractivity contribution >= 4 is 40.5 Å². The first-order valence-electron chi connectivity index (χ1n) is 10.8. The molecule has 8 nitrogen and oxygen atoms in total. The van der Waals surface area contributed by atoms with Crippen LogP contribution in [0.15, 0.2) is 35.7 Å². The summed E-state index contributed by atoms with van der Waals surface area (Å²) in [5.74, 6) is -1.08. The van der Waals surface area contributed by atoms with Crippen LogP contribution in [0.4, 0.5) is 11.4 Å². The number of carbonyl (C=O) groups is 3. The molecule has 0 spiro atoms. The summed E-state index contributed by atoms with van der Waals surface area (Å²) < 4.78 is 0. The molecule has 0 unspecified atom stereocenters. The lowest BCUT2D eigenvalue weighted by molar-refractivity contribution is -0.122. The first-order valence-corrected chi connectivity index (χ1v) is 11.6. The van der Waals surface area contributed by atoms with Crippen molar-refractivity contribution in [3.05, 3.63) is 46.2 Å². The number of amides is 2. The molecule has 1 aromatic heterocycles. The minimum atomic E-state index is -1.08. The van der Waals surface area contributed by atoms with Crippen LogP contribution in [0.2, 0.25) is 0 Å². The molecule has 32 heavy (non-hydrogen) atoms. The van der Waals surface area contributed by atoms with Gasteiger partial charge >= 0.3 is 5.97 Å². The summed E-state index contributed by atoms with van der Waals surface area (Å²) in [5, 5.41) is 17.3. The molecule has 2 aromatic rings. The largest absolute Gasteiger partial charge is 0.478 e. The maximum atomic E-state index is 12.2. The molecule has 1 fully saturated rings. The summed E-state index contributed by atoms with van der Waals surface area (Å²) >= 11 is 1.62. The monoisotopic (exact) mass is 458 g/mol. The number of nitrogens with one attached hydrogen (secondary N) is 2. The SMILES string of the molecule is CC(C)CC(=O)Nc1ccc(N2CCN(CC(=O)NCc3cccs3)CC2)cc1C(=O)O. The van der Waals surface area contributed by atoms with E-state index >= 15 is 0 Å². The predicted molar refractivity (Wildman–Crippen MR) is 126 cm³/mol. The van der Waals surface area contributed by atoms with E-state index in [0.717, 1.165) is 10.6 Å². The van der Waals surface area contributed by atoms with E-state index in [1.165, 1.54) is 0 Å². The molecule has 1 aliphatic heterocycles. The standard InChI is InChI=1S/C23H30N4O4S/c1-16(2)12-21(28)25-20-6-5-17(13-19(20)23(30)31)27-9-7-26(8-10-27)15-22(29)24-14-18-4-3-11-32-18/h3-6,11,13,16H,7-10,12,14-15H2,1-2H3,(H,24,29)(H,25,28)(H,30,31). The van der Waals surface area contributed by atoms with Gasteiger partial charge in [0, 0.05) is 43.2 Å². The fraction of sp³-hybridized carbons (Fsp3) is 0.435. The Morgan fingerprint density at radius 1 is 1.09 bits per heavy atom. The lowest BCUT2D eigenvalue weighted by Gasteiger charge is -2.36.